The molecule has 0 fully saturated rings. The Balaban J connectivity index is 1.53. The summed E-state index contributed by atoms with van der Waals surface area (Å²) in [4.78, 5) is 16.7. The van der Waals surface area contributed by atoms with Crippen molar-refractivity contribution in [2.45, 2.75) is 20.5 Å². The molecule has 0 amide bonds. The molecule has 1 aliphatic rings. The highest BCUT2D eigenvalue weighted by Crippen LogP contribution is 2.30. The summed E-state index contributed by atoms with van der Waals surface area (Å²) in [5, 5.41) is 0. The van der Waals surface area contributed by atoms with E-state index in [4.69, 9.17) is 14.2 Å². The van der Waals surface area contributed by atoms with Crippen LogP contribution < -0.4 is 9.47 Å². The lowest BCUT2D eigenvalue weighted by Crippen LogP contribution is -2.05. The number of hydrogen-bond acceptors (Lipinski definition) is 5. The maximum atomic E-state index is 12.3. The van der Waals surface area contributed by atoms with E-state index < -0.39 is 5.97 Å². The molecule has 1 aliphatic heterocycles. The summed E-state index contributed by atoms with van der Waals surface area (Å²) < 4.78 is 16.8. The maximum absolute atomic E-state index is 12.3. The molecule has 3 aromatic rings. The molecule has 0 N–H and O–H groups in total. The Morgan fingerprint density at radius 3 is 2.48 bits per heavy atom. The monoisotopic (exact) mass is 413 g/mol. The van der Waals surface area contributed by atoms with Crippen LogP contribution in [0, 0.1) is 13.8 Å². The highest BCUT2D eigenvalue weighted by Gasteiger charge is 2.24. The van der Waals surface area contributed by atoms with Crippen molar-refractivity contribution in [2.75, 3.05) is 7.11 Å². The van der Waals surface area contributed by atoms with Gasteiger partial charge in [0.1, 0.15) is 6.61 Å². The quantitative estimate of drug-likeness (QED) is 0.410. The number of esters is 1. The number of carbonyl (C=O) groups excluding carboxylic acids is 1. The van der Waals surface area contributed by atoms with E-state index in [9.17, 15) is 4.79 Å². The molecule has 4 rings (SSSR count). The minimum absolute atomic E-state index is 0.242. The maximum Gasteiger partial charge on any atom is 0.363 e. The number of aliphatic imine (C=N–C) groups is 1. The number of carbonyl (C=O) groups is 1. The van der Waals surface area contributed by atoms with E-state index >= 15 is 0 Å². The fraction of sp³-hybridized carbons (Fsp3) is 0.154. The predicted molar refractivity (Wildman–Crippen MR) is 120 cm³/mol. The lowest BCUT2D eigenvalue weighted by atomic mass is 10.1. The third-order valence-electron chi connectivity index (χ3n) is 4.89. The average molecular weight is 413 g/mol. The molecule has 156 valence electrons. The smallest absolute Gasteiger partial charge is 0.363 e. The van der Waals surface area contributed by atoms with Crippen LogP contribution in [0.1, 0.15) is 27.8 Å². The Labute approximate surface area is 181 Å². The summed E-state index contributed by atoms with van der Waals surface area (Å²) in [6.45, 7) is 4.47. The molecule has 0 spiro atoms. The number of nitrogens with zero attached hydrogens (tertiary/aromatic N) is 1. The molecular weight excluding hydrogens is 390 g/mol. The van der Waals surface area contributed by atoms with Crippen molar-refractivity contribution in [1.29, 1.82) is 0 Å². The normalized spacial score (nSPS) is 14.4. The van der Waals surface area contributed by atoms with Crippen LogP contribution in [0.2, 0.25) is 0 Å². The molecule has 0 unspecified atom stereocenters. The Bertz CT molecular complexity index is 1180. The molecule has 3 aromatic carbocycles. The summed E-state index contributed by atoms with van der Waals surface area (Å²) in [6, 6.07) is 21.4. The first kappa shape index (κ1) is 20.4. The van der Waals surface area contributed by atoms with Crippen LogP contribution in [0.15, 0.2) is 77.4 Å². The second kappa shape index (κ2) is 8.88. The van der Waals surface area contributed by atoms with Crippen LogP contribution in [-0.2, 0) is 16.1 Å². The first-order valence-electron chi connectivity index (χ1n) is 9.98. The molecular formula is C26H23NO4. The highest BCUT2D eigenvalue weighted by atomic mass is 16.6. The van der Waals surface area contributed by atoms with Crippen molar-refractivity contribution in [3.63, 3.8) is 0 Å². The van der Waals surface area contributed by atoms with Crippen LogP contribution in [-0.4, -0.2) is 19.0 Å². The lowest BCUT2D eigenvalue weighted by Gasteiger charge is -2.11. The molecule has 0 saturated carbocycles. The topological polar surface area (TPSA) is 57.1 Å². The summed E-state index contributed by atoms with van der Waals surface area (Å²) in [5.74, 6) is 1.04. The van der Waals surface area contributed by atoms with Gasteiger partial charge in [-0.25, -0.2) is 9.79 Å². The summed E-state index contributed by atoms with van der Waals surface area (Å²) in [7, 11) is 1.59. The molecule has 31 heavy (non-hydrogen) atoms. The van der Waals surface area contributed by atoms with E-state index in [-0.39, 0.29) is 5.70 Å². The molecule has 0 aliphatic carbocycles. The van der Waals surface area contributed by atoms with Crippen molar-refractivity contribution in [1.82, 2.24) is 0 Å². The minimum Gasteiger partial charge on any atom is -0.493 e. The van der Waals surface area contributed by atoms with Gasteiger partial charge in [-0.15, -0.1) is 0 Å². The summed E-state index contributed by atoms with van der Waals surface area (Å²) >= 11 is 0. The van der Waals surface area contributed by atoms with Gasteiger partial charge in [-0.2, -0.15) is 0 Å². The van der Waals surface area contributed by atoms with Crippen LogP contribution in [0.5, 0.6) is 11.5 Å². The molecule has 5 nitrogen and oxygen atoms in total. The minimum atomic E-state index is -0.477. The van der Waals surface area contributed by atoms with Crippen molar-refractivity contribution in [2.24, 2.45) is 4.99 Å². The van der Waals surface area contributed by atoms with E-state index in [1.54, 1.807) is 13.2 Å². The summed E-state index contributed by atoms with van der Waals surface area (Å²) in [5.41, 5.74) is 5.13. The van der Waals surface area contributed by atoms with Gasteiger partial charge in [0.25, 0.3) is 0 Å². The molecule has 0 saturated heterocycles. The van der Waals surface area contributed by atoms with Gasteiger partial charge in [0, 0.05) is 5.56 Å². The standard InChI is InChI=1S/C26H23NO4/c1-17-7-9-19(10-8-17)16-30-23-12-11-20(15-24(23)29-3)14-22-26(28)31-25(27-22)21-6-4-5-18(2)13-21/h4-15H,16H2,1-3H3/b22-14+. The van der Waals surface area contributed by atoms with Gasteiger partial charge in [0.2, 0.25) is 5.90 Å². The number of benzene rings is 3. The van der Waals surface area contributed by atoms with E-state index in [2.05, 4.69) is 24.0 Å². The Hall–Kier alpha value is -3.86. The van der Waals surface area contributed by atoms with Crippen molar-refractivity contribution >= 4 is 17.9 Å². The van der Waals surface area contributed by atoms with Gasteiger partial charge >= 0.3 is 5.97 Å². The molecule has 0 atom stereocenters. The van der Waals surface area contributed by atoms with Crippen molar-refractivity contribution in [3.05, 3.63) is 100 Å². The predicted octanol–water partition coefficient (Wildman–Crippen LogP) is 5.24. The molecule has 0 aromatic heterocycles. The Morgan fingerprint density at radius 1 is 0.935 bits per heavy atom. The number of cyclic esters (lactones) is 1. The fourth-order valence-electron chi connectivity index (χ4n) is 3.21. The largest absolute Gasteiger partial charge is 0.493 e. The number of hydrogen-bond donors (Lipinski definition) is 0. The van der Waals surface area contributed by atoms with Gasteiger partial charge in [-0.1, -0.05) is 53.6 Å². The first-order chi connectivity index (χ1) is 15.0. The molecule has 5 heteroatoms. The van der Waals surface area contributed by atoms with Crippen LogP contribution in [0.3, 0.4) is 0 Å². The third kappa shape index (κ3) is 4.83. The third-order valence-corrected chi connectivity index (χ3v) is 4.89. The highest BCUT2D eigenvalue weighted by molar-refractivity contribution is 6.12. The Kier molecular flexibility index (Phi) is 5.85. The van der Waals surface area contributed by atoms with E-state index in [1.165, 1.54) is 5.56 Å². The summed E-state index contributed by atoms with van der Waals surface area (Å²) in [6.07, 6.45) is 1.68. The zero-order valence-corrected chi connectivity index (χ0v) is 17.7. The van der Waals surface area contributed by atoms with Gasteiger partial charge in [-0.3, -0.25) is 0 Å². The van der Waals surface area contributed by atoms with E-state index in [0.717, 1.165) is 22.3 Å². The Morgan fingerprint density at radius 2 is 1.74 bits per heavy atom. The molecule has 0 radical (unpaired) electrons. The molecule has 1 heterocycles. The fourth-order valence-corrected chi connectivity index (χ4v) is 3.21. The number of ether oxygens (including phenoxy) is 3. The number of rotatable bonds is 6. The SMILES string of the molecule is COc1cc(/C=C2/N=C(c3cccc(C)c3)OC2=O)ccc1OCc1ccc(C)cc1. The second-order valence-electron chi connectivity index (χ2n) is 7.39. The van der Waals surface area contributed by atoms with Crippen LogP contribution in [0.25, 0.3) is 6.08 Å². The zero-order chi connectivity index (χ0) is 21.8. The van der Waals surface area contributed by atoms with Gasteiger partial charge in [0.15, 0.2) is 17.2 Å². The van der Waals surface area contributed by atoms with Gasteiger partial charge in [-0.05, 0) is 55.3 Å². The van der Waals surface area contributed by atoms with Gasteiger partial charge < -0.3 is 14.2 Å². The van der Waals surface area contributed by atoms with E-state index in [0.29, 0.717) is 24.0 Å². The van der Waals surface area contributed by atoms with Gasteiger partial charge in [0.05, 0.1) is 7.11 Å². The van der Waals surface area contributed by atoms with Crippen LogP contribution >= 0.6 is 0 Å². The molecule has 0 bridgehead atoms. The first-order valence-corrected chi connectivity index (χ1v) is 9.98. The average Bonchev–Trinajstić information content (AvgIpc) is 3.14. The number of aryl methyl sites for hydroxylation is 2. The van der Waals surface area contributed by atoms with E-state index in [1.807, 2.05) is 61.5 Å². The lowest BCUT2D eigenvalue weighted by molar-refractivity contribution is -0.129. The van der Waals surface area contributed by atoms with Crippen LogP contribution in [0.4, 0.5) is 0 Å². The second-order valence-corrected chi connectivity index (χ2v) is 7.39. The zero-order valence-electron chi connectivity index (χ0n) is 17.7. The van der Waals surface area contributed by atoms with Crippen molar-refractivity contribution < 1.29 is 19.0 Å². The van der Waals surface area contributed by atoms with Crippen molar-refractivity contribution in [3.8, 4) is 11.5 Å². The number of methoxy groups -OCH3 is 1.